The van der Waals surface area contributed by atoms with Crippen molar-refractivity contribution < 1.29 is 9.53 Å². The van der Waals surface area contributed by atoms with Crippen molar-refractivity contribution in [2.75, 3.05) is 43.0 Å². The van der Waals surface area contributed by atoms with E-state index < -0.39 is 0 Å². The third kappa shape index (κ3) is 4.63. The fraction of sp³-hybridized carbons (Fsp3) is 0.348. The van der Waals surface area contributed by atoms with Crippen LogP contribution in [0.4, 0.5) is 17.2 Å². The molecule has 2 aromatic carbocycles. The molecule has 0 saturated carbocycles. The molecule has 0 aliphatic carbocycles. The summed E-state index contributed by atoms with van der Waals surface area (Å²) in [6.45, 7) is 7.40. The van der Waals surface area contributed by atoms with Crippen LogP contribution < -0.4 is 15.0 Å². The van der Waals surface area contributed by atoms with Crippen LogP contribution >= 0.6 is 0 Å². The molecule has 1 fully saturated rings. The molecule has 0 atom stereocenters. The monoisotopic (exact) mass is 420 g/mol. The molecule has 162 valence electrons. The lowest BCUT2D eigenvalue weighted by Gasteiger charge is -2.36. The number of nitrogens with one attached hydrogen (secondary N) is 2. The molecule has 31 heavy (non-hydrogen) atoms. The first-order valence-electron chi connectivity index (χ1n) is 10.7. The quantitative estimate of drug-likeness (QED) is 0.609. The Bertz CT molecular complexity index is 1010. The predicted octanol–water partition coefficient (Wildman–Crippen LogP) is 3.47. The maximum absolute atomic E-state index is 13.1. The minimum absolute atomic E-state index is 0.126. The molecule has 1 amide bonds. The molecular weight excluding hydrogens is 392 g/mol. The number of anilines is 3. The van der Waals surface area contributed by atoms with Crippen molar-refractivity contribution in [3.05, 3.63) is 59.8 Å². The number of amides is 1. The Kier molecular flexibility index (Phi) is 6.35. The Morgan fingerprint density at radius 3 is 2.48 bits per heavy atom. The number of aromatic amines is 1. The van der Waals surface area contributed by atoms with E-state index in [0.717, 1.165) is 36.6 Å². The van der Waals surface area contributed by atoms with E-state index in [4.69, 9.17) is 4.74 Å². The van der Waals surface area contributed by atoms with Gasteiger partial charge in [0, 0.05) is 31.9 Å². The molecule has 2 N–H and O–H groups in total. The average molecular weight is 421 g/mol. The number of para-hydroxylation sites is 2. The van der Waals surface area contributed by atoms with E-state index in [-0.39, 0.29) is 5.91 Å². The molecule has 0 bridgehead atoms. The van der Waals surface area contributed by atoms with Gasteiger partial charge in [-0.05, 0) is 43.2 Å². The van der Waals surface area contributed by atoms with E-state index in [9.17, 15) is 4.79 Å². The second-order valence-electron chi connectivity index (χ2n) is 7.38. The first-order valence-corrected chi connectivity index (χ1v) is 10.7. The molecule has 0 radical (unpaired) electrons. The fourth-order valence-electron chi connectivity index (χ4n) is 3.72. The van der Waals surface area contributed by atoms with Gasteiger partial charge in [0.1, 0.15) is 5.75 Å². The average Bonchev–Trinajstić information content (AvgIpc) is 3.28. The number of carbonyl (C=O) groups is 1. The number of piperazine rings is 1. The first kappa shape index (κ1) is 20.7. The lowest BCUT2D eigenvalue weighted by Crippen LogP contribution is -2.49. The zero-order valence-corrected chi connectivity index (χ0v) is 18.0. The summed E-state index contributed by atoms with van der Waals surface area (Å²) in [5, 5.41) is 14.0. The topological polar surface area (TPSA) is 86.4 Å². The first-order chi connectivity index (χ1) is 15.2. The van der Waals surface area contributed by atoms with Gasteiger partial charge in [-0.25, -0.2) is 0 Å². The van der Waals surface area contributed by atoms with Gasteiger partial charge in [-0.3, -0.25) is 4.79 Å². The molecule has 8 heteroatoms. The van der Waals surface area contributed by atoms with E-state index in [2.05, 4.69) is 50.8 Å². The van der Waals surface area contributed by atoms with Gasteiger partial charge in [-0.2, -0.15) is 5.21 Å². The van der Waals surface area contributed by atoms with Gasteiger partial charge in [0.2, 0.25) is 0 Å². The molecule has 0 spiro atoms. The van der Waals surface area contributed by atoms with Crippen LogP contribution in [0, 0.1) is 0 Å². The number of ether oxygens (including phenoxy) is 1. The van der Waals surface area contributed by atoms with Crippen molar-refractivity contribution >= 4 is 23.1 Å². The number of nitrogens with zero attached hydrogens (tertiary/aromatic N) is 4. The number of hydrogen-bond acceptors (Lipinski definition) is 6. The summed E-state index contributed by atoms with van der Waals surface area (Å²) in [4.78, 5) is 17.2. The Morgan fingerprint density at radius 1 is 1.03 bits per heavy atom. The van der Waals surface area contributed by atoms with E-state index in [1.165, 1.54) is 5.56 Å². The molecule has 1 aliphatic rings. The van der Waals surface area contributed by atoms with Crippen molar-refractivity contribution in [3.8, 4) is 5.75 Å². The normalized spacial score (nSPS) is 13.9. The van der Waals surface area contributed by atoms with Crippen LogP contribution in [0.3, 0.4) is 0 Å². The van der Waals surface area contributed by atoms with Crippen LogP contribution in [0.2, 0.25) is 0 Å². The Balaban J connectivity index is 1.41. The second kappa shape index (κ2) is 9.51. The third-order valence-corrected chi connectivity index (χ3v) is 5.45. The number of H-pyrrole nitrogens is 1. The van der Waals surface area contributed by atoms with Crippen molar-refractivity contribution in [1.82, 2.24) is 20.3 Å². The van der Waals surface area contributed by atoms with Gasteiger partial charge in [-0.15, -0.1) is 10.2 Å². The summed E-state index contributed by atoms with van der Waals surface area (Å²) in [5.41, 5.74) is 3.50. The minimum atomic E-state index is -0.126. The van der Waals surface area contributed by atoms with Gasteiger partial charge in [0.15, 0.2) is 11.5 Å². The van der Waals surface area contributed by atoms with Crippen LogP contribution in [-0.4, -0.2) is 59.0 Å². The van der Waals surface area contributed by atoms with Crippen LogP contribution in [0.1, 0.15) is 29.9 Å². The van der Waals surface area contributed by atoms with Gasteiger partial charge < -0.3 is 19.9 Å². The van der Waals surface area contributed by atoms with Gasteiger partial charge in [0.05, 0.1) is 12.3 Å². The summed E-state index contributed by atoms with van der Waals surface area (Å²) < 4.78 is 5.76. The molecule has 4 rings (SSSR count). The van der Waals surface area contributed by atoms with E-state index in [1.807, 2.05) is 42.2 Å². The molecule has 1 saturated heterocycles. The SMILES string of the molecule is CCOc1ccccc1N1CCN(C(=O)c2n[nH]nc2Nc2ccc(CC)cc2)CC1. The molecular formula is C23H28N6O2. The smallest absolute Gasteiger partial charge is 0.278 e. The summed E-state index contributed by atoms with van der Waals surface area (Å²) in [6.07, 6.45) is 0.981. The summed E-state index contributed by atoms with van der Waals surface area (Å²) >= 11 is 0. The van der Waals surface area contributed by atoms with Crippen molar-refractivity contribution in [2.45, 2.75) is 20.3 Å². The van der Waals surface area contributed by atoms with Crippen LogP contribution in [0.25, 0.3) is 0 Å². The number of aromatic nitrogens is 3. The Morgan fingerprint density at radius 2 is 1.77 bits per heavy atom. The standard InChI is InChI=1S/C23H28N6O2/c1-3-17-9-11-18(12-10-17)24-22-21(25-27-26-22)23(30)29-15-13-28(14-16-29)19-7-5-6-8-20(19)31-4-2/h5-12H,3-4,13-16H2,1-2H3,(H2,24,25,26,27). The number of rotatable bonds is 7. The molecule has 1 aromatic heterocycles. The van der Waals surface area contributed by atoms with Gasteiger partial charge >= 0.3 is 0 Å². The lowest BCUT2D eigenvalue weighted by molar-refractivity contribution is 0.0741. The second-order valence-corrected chi connectivity index (χ2v) is 7.38. The number of hydrogen-bond donors (Lipinski definition) is 2. The van der Waals surface area contributed by atoms with E-state index >= 15 is 0 Å². The molecule has 0 unspecified atom stereocenters. The fourth-order valence-corrected chi connectivity index (χ4v) is 3.72. The highest BCUT2D eigenvalue weighted by molar-refractivity contribution is 5.97. The molecule has 3 aromatic rings. The zero-order chi connectivity index (χ0) is 21.6. The van der Waals surface area contributed by atoms with Gasteiger partial charge in [-0.1, -0.05) is 31.2 Å². The van der Waals surface area contributed by atoms with Crippen molar-refractivity contribution in [1.29, 1.82) is 0 Å². The maximum Gasteiger partial charge on any atom is 0.278 e. The Labute approximate surface area is 182 Å². The highest BCUT2D eigenvalue weighted by Gasteiger charge is 2.27. The predicted molar refractivity (Wildman–Crippen MR) is 121 cm³/mol. The summed E-state index contributed by atoms with van der Waals surface area (Å²) in [5.74, 6) is 1.19. The highest BCUT2D eigenvalue weighted by Crippen LogP contribution is 2.29. The van der Waals surface area contributed by atoms with Crippen LogP contribution in [0.15, 0.2) is 48.5 Å². The van der Waals surface area contributed by atoms with E-state index in [0.29, 0.717) is 31.2 Å². The molecule has 8 nitrogen and oxygen atoms in total. The number of benzene rings is 2. The van der Waals surface area contributed by atoms with Crippen molar-refractivity contribution in [3.63, 3.8) is 0 Å². The minimum Gasteiger partial charge on any atom is -0.492 e. The highest BCUT2D eigenvalue weighted by atomic mass is 16.5. The van der Waals surface area contributed by atoms with Crippen LogP contribution in [0.5, 0.6) is 5.75 Å². The number of aryl methyl sites for hydroxylation is 1. The molecule has 2 heterocycles. The summed E-state index contributed by atoms with van der Waals surface area (Å²) in [6, 6.07) is 16.1. The lowest BCUT2D eigenvalue weighted by atomic mass is 10.1. The third-order valence-electron chi connectivity index (χ3n) is 5.45. The zero-order valence-electron chi connectivity index (χ0n) is 18.0. The maximum atomic E-state index is 13.1. The molecule has 1 aliphatic heterocycles. The van der Waals surface area contributed by atoms with E-state index in [1.54, 1.807) is 0 Å². The largest absolute Gasteiger partial charge is 0.492 e. The van der Waals surface area contributed by atoms with Crippen molar-refractivity contribution in [2.24, 2.45) is 0 Å². The number of carbonyl (C=O) groups excluding carboxylic acids is 1. The van der Waals surface area contributed by atoms with Gasteiger partial charge in [0.25, 0.3) is 5.91 Å². The van der Waals surface area contributed by atoms with Crippen LogP contribution in [-0.2, 0) is 6.42 Å². The Hall–Kier alpha value is -3.55. The summed E-state index contributed by atoms with van der Waals surface area (Å²) in [7, 11) is 0.